The molecule has 0 aromatic carbocycles. The maximum Gasteiger partial charge on any atom is 2.00 e. The molecule has 0 aromatic rings. The van der Waals surface area contributed by atoms with Gasteiger partial charge < -0.3 is 20.6 Å². The van der Waals surface area contributed by atoms with Gasteiger partial charge in [0.25, 0.3) is 0 Å². The van der Waals surface area contributed by atoms with Gasteiger partial charge in [0.05, 0.1) is 0 Å². The van der Waals surface area contributed by atoms with Crippen molar-refractivity contribution < 1.29 is 34.6 Å². The molecule has 10 heavy (non-hydrogen) atoms. The van der Waals surface area contributed by atoms with Crippen LogP contribution in [0.2, 0.25) is 0 Å². The van der Waals surface area contributed by atoms with Crippen LogP contribution in [0.25, 0.3) is 0 Å². The van der Waals surface area contributed by atoms with Crippen LogP contribution in [0.4, 0.5) is 0 Å². The molecule has 0 spiro atoms. The molecule has 67 valence electrons. The molecular weight excluding hydrogens is 212 g/mol. The Morgan fingerprint density at radius 1 is 1.10 bits per heavy atom. The predicted molar refractivity (Wildman–Crippen MR) is 28.6 cm³/mol. The van der Waals surface area contributed by atoms with Crippen LogP contribution in [0.5, 0.6) is 0 Å². The van der Waals surface area contributed by atoms with Gasteiger partial charge in [0.15, 0.2) is 0 Å². The third-order valence-electron chi connectivity index (χ3n) is 0.167. The average Bonchev–Trinajstić information content (AvgIpc) is 1.61. The SMILES string of the molecule is NCCN.O=S(=O)([O-])[O-].[Cu+2]. The Morgan fingerprint density at radius 2 is 1.20 bits per heavy atom. The third kappa shape index (κ3) is 259. The van der Waals surface area contributed by atoms with Gasteiger partial charge in [-0.2, -0.15) is 0 Å². The Kier molecular flexibility index (Phi) is 15.6. The average molecular weight is 220 g/mol. The molecule has 0 aliphatic heterocycles. The van der Waals surface area contributed by atoms with Gasteiger partial charge >= 0.3 is 17.1 Å². The standard InChI is InChI=1S/C2H8N2.Cu.H2O4S/c3-1-2-4;;1-5(2,3)4/h1-4H2;;(H2,1,2,3,4)/q;+2;/p-2. The number of rotatable bonds is 1. The van der Waals surface area contributed by atoms with E-state index in [0.717, 1.165) is 0 Å². The van der Waals surface area contributed by atoms with Crippen LogP contribution in [-0.4, -0.2) is 30.6 Å². The first-order valence-electron chi connectivity index (χ1n) is 1.98. The van der Waals surface area contributed by atoms with E-state index in [2.05, 4.69) is 0 Å². The maximum atomic E-state index is 8.52. The molecule has 1 radical (unpaired) electrons. The van der Waals surface area contributed by atoms with Gasteiger partial charge in [0.1, 0.15) is 0 Å². The van der Waals surface area contributed by atoms with Crippen LogP contribution in [0.1, 0.15) is 0 Å². The molecule has 6 nitrogen and oxygen atoms in total. The quantitative estimate of drug-likeness (QED) is 0.286. The molecule has 4 N–H and O–H groups in total. The Morgan fingerprint density at radius 3 is 1.20 bits per heavy atom. The summed E-state index contributed by atoms with van der Waals surface area (Å²) in [4.78, 5) is 0. The topological polar surface area (TPSA) is 132 Å². The second kappa shape index (κ2) is 9.31. The van der Waals surface area contributed by atoms with Crippen molar-refractivity contribution in [3.05, 3.63) is 0 Å². The third-order valence-corrected chi connectivity index (χ3v) is 0.167. The molecule has 0 fully saturated rings. The molecule has 0 heterocycles. The first kappa shape index (κ1) is 16.7. The summed E-state index contributed by atoms with van der Waals surface area (Å²) >= 11 is 0. The summed E-state index contributed by atoms with van der Waals surface area (Å²) in [6, 6.07) is 0. The van der Waals surface area contributed by atoms with Crippen molar-refractivity contribution >= 4 is 10.4 Å². The summed E-state index contributed by atoms with van der Waals surface area (Å²) < 4.78 is 34.1. The second-order valence-electron chi connectivity index (χ2n) is 0.986. The van der Waals surface area contributed by atoms with Crippen molar-refractivity contribution in [2.45, 2.75) is 0 Å². The minimum atomic E-state index is -5.17. The van der Waals surface area contributed by atoms with Crippen LogP contribution in [0.15, 0.2) is 0 Å². The van der Waals surface area contributed by atoms with E-state index < -0.39 is 10.4 Å². The molecule has 0 aromatic heterocycles. The van der Waals surface area contributed by atoms with Gasteiger partial charge in [0.2, 0.25) is 0 Å². The van der Waals surface area contributed by atoms with E-state index in [-0.39, 0.29) is 17.1 Å². The molecular formula is C2H8CuN2O4S. The van der Waals surface area contributed by atoms with Crippen molar-refractivity contribution in [3.8, 4) is 0 Å². The van der Waals surface area contributed by atoms with Crippen molar-refractivity contribution in [1.82, 2.24) is 0 Å². The maximum absolute atomic E-state index is 8.52. The van der Waals surface area contributed by atoms with Gasteiger partial charge in [-0.25, -0.2) is 0 Å². The molecule has 0 unspecified atom stereocenters. The van der Waals surface area contributed by atoms with Crippen LogP contribution >= 0.6 is 0 Å². The molecule has 0 rings (SSSR count). The summed E-state index contributed by atoms with van der Waals surface area (Å²) in [6.07, 6.45) is 0. The molecule has 0 amide bonds. The van der Waals surface area contributed by atoms with E-state index in [4.69, 9.17) is 29.0 Å². The first-order chi connectivity index (χ1) is 3.91. The van der Waals surface area contributed by atoms with E-state index in [9.17, 15) is 0 Å². The molecule has 0 bridgehead atoms. The second-order valence-corrected chi connectivity index (χ2v) is 1.80. The molecule has 0 saturated heterocycles. The zero-order valence-corrected chi connectivity index (χ0v) is 6.67. The number of hydrogen-bond donors (Lipinski definition) is 2. The summed E-state index contributed by atoms with van der Waals surface area (Å²) in [6.45, 7) is 1.19. The van der Waals surface area contributed by atoms with Gasteiger partial charge in [-0.15, -0.1) is 0 Å². The Labute approximate surface area is 70.0 Å². The van der Waals surface area contributed by atoms with Crippen LogP contribution in [-0.2, 0) is 27.5 Å². The molecule has 0 saturated carbocycles. The fraction of sp³-hybridized carbons (Fsp3) is 1.00. The largest absolute Gasteiger partial charge is 2.00 e. The minimum absolute atomic E-state index is 0. The fourth-order valence-corrected chi connectivity index (χ4v) is 0. The van der Waals surface area contributed by atoms with E-state index in [1.165, 1.54) is 0 Å². The van der Waals surface area contributed by atoms with Crippen LogP contribution in [0, 0.1) is 0 Å². The Balaban J connectivity index is -0.0000000910. The molecule has 0 aliphatic carbocycles. The van der Waals surface area contributed by atoms with Crippen molar-refractivity contribution in [2.75, 3.05) is 13.1 Å². The van der Waals surface area contributed by atoms with Gasteiger partial charge in [-0.1, -0.05) is 0 Å². The van der Waals surface area contributed by atoms with E-state index in [1.54, 1.807) is 0 Å². The summed E-state index contributed by atoms with van der Waals surface area (Å²) in [5.74, 6) is 0. The minimum Gasteiger partial charge on any atom is -0.759 e. The normalized spacial score (nSPS) is 8.80. The number of nitrogens with two attached hydrogens (primary N) is 2. The van der Waals surface area contributed by atoms with Gasteiger partial charge in [-0.3, -0.25) is 8.42 Å². The monoisotopic (exact) mass is 219 g/mol. The van der Waals surface area contributed by atoms with E-state index in [1.807, 2.05) is 0 Å². The van der Waals surface area contributed by atoms with Crippen molar-refractivity contribution in [3.63, 3.8) is 0 Å². The zero-order valence-electron chi connectivity index (χ0n) is 4.91. The fourth-order valence-electron chi connectivity index (χ4n) is 0. The number of hydrogen-bond acceptors (Lipinski definition) is 6. The summed E-state index contributed by atoms with van der Waals surface area (Å²) in [7, 11) is -5.17. The van der Waals surface area contributed by atoms with Crippen LogP contribution in [0.3, 0.4) is 0 Å². The summed E-state index contributed by atoms with van der Waals surface area (Å²) in [5, 5.41) is 0. The van der Waals surface area contributed by atoms with Crippen molar-refractivity contribution in [2.24, 2.45) is 11.5 Å². The molecule has 0 atom stereocenters. The Hall–Kier alpha value is 0.309. The van der Waals surface area contributed by atoms with E-state index in [0.29, 0.717) is 13.1 Å². The van der Waals surface area contributed by atoms with E-state index >= 15 is 0 Å². The first-order valence-corrected chi connectivity index (χ1v) is 3.32. The van der Waals surface area contributed by atoms with Crippen molar-refractivity contribution in [1.29, 1.82) is 0 Å². The summed E-state index contributed by atoms with van der Waals surface area (Å²) in [5.41, 5.74) is 9.81. The molecule has 8 heteroatoms. The Bertz CT molecular complexity index is 124. The van der Waals surface area contributed by atoms with Crippen LogP contribution < -0.4 is 11.5 Å². The smallest absolute Gasteiger partial charge is 0.759 e. The van der Waals surface area contributed by atoms with Gasteiger partial charge in [-0.05, 0) is 0 Å². The predicted octanol–water partition coefficient (Wildman–Crippen LogP) is -2.44. The van der Waals surface area contributed by atoms with Gasteiger partial charge in [0, 0.05) is 23.5 Å². The zero-order chi connectivity index (χ0) is 7.91. The molecule has 0 aliphatic rings.